The van der Waals surface area contributed by atoms with Gasteiger partial charge in [-0.1, -0.05) is 12.1 Å². The molecule has 0 aliphatic carbocycles. The Kier molecular flexibility index (Phi) is 4.83. The van der Waals surface area contributed by atoms with Gasteiger partial charge in [-0.2, -0.15) is 0 Å². The molecule has 0 heterocycles. The second kappa shape index (κ2) is 6.61. The Labute approximate surface area is 124 Å². The van der Waals surface area contributed by atoms with Crippen molar-refractivity contribution in [1.29, 1.82) is 0 Å². The summed E-state index contributed by atoms with van der Waals surface area (Å²) in [5.41, 5.74) is 8.90. The van der Waals surface area contributed by atoms with Gasteiger partial charge in [0.15, 0.2) is 0 Å². The van der Waals surface area contributed by atoms with Crippen molar-refractivity contribution in [3.8, 4) is 17.2 Å². The first-order valence-corrected chi connectivity index (χ1v) is 6.93. The van der Waals surface area contributed by atoms with Crippen molar-refractivity contribution in [3.05, 3.63) is 53.1 Å². The third kappa shape index (κ3) is 3.97. The predicted octanol–water partition coefficient (Wildman–Crippen LogP) is 2.66. The highest BCUT2D eigenvalue weighted by atomic mass is 16.5. The monoisotopic (exact) mass is 287 g/mol. The Balaban J connectivity index is 2.22. The minimum absolute atomic E-state index is 0.0240. The van der Waals surface area contributed by atoms with Crippen LogP contribution in [0.1, 0.15) is 16.7 Å². The first-order valence-electron chi connectivity index (χ1n) is 6.93. The zero-order valence-electron chi connectivity index (χ0n) is 12.3. The van der Waals surface area contributed by atoms with Gasteiger partial charge in [0.1, 0.15) is 17.2 Å². The number of benzene rings is 2. The highest BCUT2D eigenvalue weighted by molar-refractivity contribution is 5.46. The lowest BCUT2D eigenvalue weighted by Crippen LogP contribution is -2.26. The summed E-state index contributed by atoms with van der Waals surface area (Å²) >= 11 is 0. The molecule has 0 saturated carbocycles. The molecule has 4 nitrogen and oxygen atoms in total. The van der Waals surface area contributed by atoms with Crippen molar-refractivity contribution in [3.63, 3.8) is 0 Å². The molecule has 0 amide bonds. The van der Waals surface area contributed by atoms with Gasteiger partial charge in [-0.05, 0) is 61.2 Å². The molecule has 0 saturated heterocycles. The van der Waals surface area contributed by atoms with Crippen LogP contribution in [0.3, 0.4) is 0 Å². The summed E-state index contributed by atoms with van der Waals surface area (Å²) in [7, 11) is 0. The molecule has 0 bridgehead atoms. The Bertz CT molecular complexity index is 585. The molecule has 4 heteroatoms. The number of phenols is 1. The van der Waals surface area contributed by atoms with Crippen LogP contribution in [0.2, 0.25) is 0 Å². The molecule has 2 aromatic rings. The fourth-order valence-corrected chi connectivity index (χ4v) is 2.32. The van der Waals surface area contributed by atoms with Crippen LogP contribution in [0, 0.1) is 13.8 Å². The largest absolute Gasteiger partial charge is 0.508 e. The van der Waals surface area contributed by atoms with E-state index >= 15 is 0 Å². The number of rotatable bonds is 5. The van der Waals surface area contributed by atoms with Crippen molar-refractivity contribution < 1.29 is 14.9 Å². The van der Waals surface area contributed by atoms with E-state index in [0.717, 1.165) is 22.4 Å². The molecule has 2 rings (SSSR count). The molecule has 2 aromatic carbocycles. The fraction of sp³-hybridized carbons (Fsp3) is 0.294. The lowest BCUT2D eigenvalue weighted by molar-refractivity contribution is 0.265. The van der Waals surface area contributed by atoms with Crippen LogP contribution < -0.4 is 10.5 Å². The maximum atomic E-state index is 9.29. The predicted molar refractivity (Wildman–Crippen MR) is 82.9 cm³/mol. The molecular weight excluding hydrogens is 266 g/mol. The summed E-state index contributed by atoms with van der Waals surface area (Å²) in [6.07, 6.45) is 0.637. The van der Waals surface area contributed by atoms with E-state index in [9.17, 15) is 5.11 Å². The van der Waals surface area contributed by atoms with E-state index in [-0.39, 0.29) is 18.4 Å². The number of phenolic OH excluding ortho intramolecular Hbond substituents is 1. The fourth-order valence-electron chi connectivity index (χ4n) is 2.32. The van der Waals surface area contributed by atoms with Crippen LogP contribution >= 0.6 is 0 Å². The SMILES string of the molecule is Cc1cc(C[C@H](N)CO)cc(C)c1Oc1ccc(O)cc1. The number of aliphatic hydroxyl groups is 1. The molecule has 0 unspecified atom stereocenters. The normalized spacial score (nSPS) is 12.2. The van der Waals surface area contributed by atoms with Crippen molar-refractivity contribution in [2.75, 3.05) is 6.61 Å². The van der Waals surface area contributed by atoms with Gasteiger partial charge >= 0.3 is 0 Å². The van der Waals surface area contributed by atoms with Crippen LogP contribution in [0.5, 0.6) is 17.2 Å². The van der Waals surface area contributed by atoms with Crippen molar-refractivity contribution in [2.45, 2.75) is 26.3 Å². The van der Waals surface area contributed by atoms with E-state index in [1.807, 2.05) is 26.0 Å². The van der Waals surface area contributed by atoms with Crippen LogP contribution in [0.4, 0.5) is 0 Å². The van der Waals surface area contributed by atoms with Gasteiger partial charge < -0.3 is 20.7 Å². The Morgan fingerprint density at radius 2 is 1.67 bits per heavy atom. The quantitative estimate of drug-likeness (QED) is 0.790. The van der Waals surface area contributed by atoms with Gasteiger partial charge in [0, 0.05) is 6.04 Å². The van der Waals surface area contributed by atoms with E-state index < -0.39 is 0 Å². The van der Waals surface area contributed by atoms with Crippen molar-refractivity contribution in [1.82, 2.24) is 0 Å². The minimum Gasteiger partial charge on any atom is -0.508 e. The summed E-state index contributed by atoms with van der Waals surface area (Å²) in [6.45, 7) is 3.94. The second-order valence-electron chi connectivity index (χ2n) is 5.30. The molecule has 112 valence electrons. The van der Waals surface area contributed by atoms with E-state index in [2.05, 4.69) is 0 Å². The maximum Gasteiger partial charge on any atom is 0.133 e. The van der Waals surface area contributed by atoms with Crippen LogP contribution in [-0.4, -0.2) is 22.9 Å². The van der Waals surface area contributed by atoms with Gasteiger partial charge in [0.05, 0.1) is 6.61 Å². The highest BCUT2D eigenvalue weighted by Crippen LogP contribution is 2.30. The number of hydrogen-bond donors (Lipinski definition) is 3. The number of aliphatic hydroxyl groups excluding tert-OH is 1. The highest BCUT2D eigenvalue weighted by Gasteiger charge is 2.10. The summed E-state index contributed by atoms with van der Waals surface area (Å²) in [4.78, 5) is 0. The molecule has 0 radical (unpaired) electrons. The Hall–Kier alpha value is -2.04. The topological polar surface area (TPSA) is 75.7 Å². The average molecular weight is 287 g/mol. The average Bonchev–Trinajstić information content (AvgIpc) is 2.44. The zero-order valence-corrected chi connectivity index (χ0v) is 12.3. The molecule has 4 N–H and O–H groups in total. The number of nitrogens with two attached hydrogens (primary N) is 1. The number of hydrogen-bond acceptors (Lipinski definition) is 4. The van der Waals surface area contributed by atoms with Crippen molar-refractivity contribution >= 4 is 0 Å². The molecule has 0 aliphatic rings. The van der Waals surface area contributed by atoms with E-state index in [1.54, 1.807) is 24.3 Å². The van der Waals surface area contributed by atoms with Crippen molar-refractivity contribution in [2.24, 2.45) is 5.73 Å². The maximum absolute atomic E-state index is 9.29. The standard InChI is InChI=1S/C17H21NO3/c1-11-7-13(9-14(18)10-19)8-12(2)17(11)21-16-5-3-15(20)4-6-16/h3-8,14,19-20H,9-10,18H2,1-2H3/t14-/m0/s1. The zero-order chi connectivity index (χ0) is 15.4. The summed E-state index contributed by atoms with van der Waals surface area (Å²) in [6, 6.07) is 10.4. The number of ether oxygens (including phenoxy) is 1. The van der Waals surface area contributed by atoms with Gasteiger partial charge in [0.25, 0.3) is 0 Å². The third-order valence-corrected chi connectivity index (χ3v) is 3.31. The van der Waals surface area contributed by atoms with Gasteiger partial charge in [-0.15, -0.1) is 0 Å². The van der Waals surface area contributed by atoms with Crippen LogP contribution in [0.25, 0.3) is 0 Å². The third-order valence-electron chi connectivity index (χ3n) is 3.31. The molecule has 0 fully saturated rings. The number of aryl methyl sites for hydroxylation is 2. The molecule has 0 aromatic heterocycles. The Morgan fingerprint density at radius 1 is 1.10 bits per heavy atom. The van der Waals surface area contributed by atoms with Crippen LogP contribution in [-0.2, 0) is 6.42 Å². The summed E-state index contributed by atoms with van der Waals surface area (Å²) < 4.78 is 5.89. The smallest absolute Gasteiger partial charge is 0.133 e. The van der Waals surface area contributed by atoms with E-state index in [0.29, 0.717) is 12.2 Å². The first kappa shape index (κ1) is 15.4. The van der Waals surface area contributed by atoms with Gasteiger partial charge in [-0.3, -0.25) is 0 Å². The Morgan fingerprint density at radius 3 is 2.19 bits per heavy atom. The van der Waals surface area contributed by atoms with Gasteiger partial charge in [-0.25, -0.2) is 0 Å². The van der Waals surface area contributed by atoms with Gasteiger partial charge in [0.2, 0.25) is 0 Å². The summed E-state index contributed by atoms with van der Waals surface area (Å²) in [5.74, 6) is 1.70. The minimum atomic E-state index is -0.243. The molecular formula is C17H21NO3. The van der Waals surface area contributed by atoms with E-state index in [4.69, 9.17) is 15.6 Å². The lowest BCUT2D eigenvalue weighted by atomic mass is 10.0. The molecule has 21 heavy (non-hydrogen) atoms. The molecule has 1 atom stereocenters. The number of aromatic hydroxyl groups is 1. The first-order chi connectivity index (χ1) is 9.99. The van der Waals surface area contributed by atoms with E-state index in [1.165, 1.54) is 0 Å². The van der Waals surface area contributed by atoms with Crippen LogP contribution in [0.15, 0.2) is 36.4 Å². The molecule has 0 spiro atoms. The second-order valence-corrected chi connectivity index (χ2v) is 5.30. The summed E-state index contributed by atoms with van der Waals surface area (Å²) in [5, 5.41) is 18.3. The lowest BCUT2D eigenvalue weighted by Gasteiger charge is -2.15. The molecule has 0 aliphatic heterocycles.